The first-order chi connectivity index (χ1) is 13.3. The molecule has 0 aliphatic heterocycles. The number of nitrogens with one attached hydrogen (secondary N) is 1. The van der Waals surface area contributed by atoms with Crippen molar-refractivity contribution in [3.8, 4) is 11.3 Å². The van der Waals surface area contributed by atoms with Crippen molar-refractivity contribution in [2.75, 3.05) is 13.7 Å². The molecule has 1 amide bonds. The molecule has 150 valence electrons. The summed E-state index contributed by atoms with van der Waals surface area (Å²) in [6.45, 7) is 3.28. The van der Waals surface area contributed by atoms with Crippen molar-refractivity contribution in [2.45, 2.75) is 26.3 Å². The van der Waals surface area contributed by atoms with Gasteiger partial charge in [-0.2, -0.15) is 0 Å². The van der Waals surface area contributed by atoms with Crippen LogP contribution in [0.1, 0.15) is 30.8 Å². The highest BCUT2D eigenvalue weighted by molar-refractivity contribution is 6.33. The maximum absolute atomic E-state index is 12.1. The van der Waals surface area contributed by atoms with Crippen LogP contribution in [0.2, 0.25) is 5.02 Å². The number of esters is 2. The van der Waals surface area contributed by atoms with E-state index in [4.69, 9.17) is 20.8 Å². The number of rotatable bonds is 8. The van der Waals surface area contributed by atoms with Crippen molar-refractivity contribution in [2.24, 2.45) is 5.92 Å². The first-order valence-electron chi connectivity index (χ1n) is 8.70. The van der Waals surface area contributed by atoms with Crippen LogP contribution in [0.15, 0.2) is 40.8 Å². The molecule has 8 heteroatoms. The van der Waals surface area contributed by atoms with Crippen molar-refractivity contribution in [3.63, 3.8) is 0 Å². The van der Waals surface area contributed by atoms with Gasteiger partial charge in [0.1, 0.15) is 11.8 Å². The zero-order valence-corrected chi connectivity index (χ0v) is 16.6. The normalized spacial score (nSPS) is 11.8. The lowest BCUT2D eigenvalue weighted by atomic mass is 10.0. The van der Waals surface area contributed by atoms with Crippen molar-refractivity contribution >= 4 is 29.4 Å². The number of amides is 1. The third-order valence-electron chi connectivity index (χ3n) is 3.81. The second kappa shape index (κ2) is 9.94. The van der Waals surface area contributed by atoms with E-state index in [0.29, 0.717) is 22.8 Å². The Morgan fingerprint density at radius 2 is 1.86 bits per heavy atom. The van der Waals surface area contributed by atoms with E-state index in [1.807, 2.05) is 13.8 Å². The number of furan rings is 1. The Kier molecular flexibility index (Phi) is 7.63. The van der Waals surface area contributed by atoms with Gasteiger partial charge in [0.15, 0.2) is 6.61 Å². The standard InChI is InChI=1S/C20H22ClNO6/c1-12(2)10-15(19(24)26-3)22-18(23)11-27-20(25)17-9-8-16(28-17)13-6-4-5-7-14(13)21/h4-9,12,15H,10-11H2,1-3H3,(H,22,23)/t15-/m0/s1. The van der Waals surface area contributed by atoms with Crippen molar-refractivity contribution < 1.29 is 28.3 Å². The van der Waals surface area contributed by atoms with E-state index in [2.05, 4.69) is 10.1 Å². The fourth-order valence-corrected chi connectivity index (χ4v) is 2.75. The summed E-state index contributed by atoms with van der Waals surface area (Å²) >= 11 is 6.11. The molecule has 28 heavy (non-hydrogen) atoms. The van der Waals surface area contributed by atoms with Crippen LogP contribution in [0.3, 0.4) is 0 Å². The van der Waals surface area contributed by atoms with Gasteiger partial charge >= 0.3 is 11.9 Å². The Morgan fingerprint density at radius 3 is 2.50 bits per heavy atom. The highest BCUT2D eigenvalue weighted by atomic mass is 35.5. The van der Waals surface area contributed by atoms with Gasteiger partial charge in [-0.3, -0.25) is 4.79 Å². The quantitative estimate of drug-likeness (QED) is 0.673. The van der Waals surface area contributed by atoms with Gasteiger partial charge in [-0.25, -0.2) is 9.59 Å². The fourth-order valence-electron chi connectivity index (χ4n) is 2.52. The van der Waals surface area contributed by atoms with Gasteiger partial charge in [0.25, 0.3) is 5.91 Å². The van der Waals surface area contributed by atoms with Crippen LogP contribution >= 0.6 is 11.6 Å². The molecule has 2 aromatic rings. The molecular formula is C20H22ClNO6. The topological polar surface area (TPSA) is 94.8 Å². The van der Waals surface area contributed by atoms with E-state index in [0.717, 1.165) is 0 Å². The van der Waals surface area contributed by atoms with E-state index in [1.54, 1.807) is 30.3 Å². The summed E-state index contributed by atoms with van der Waals surface area (Å²) in [7, 11) is 1.25. The van der Waals surface area contributed by atoms with Crippen LogP contribution in [0, 0.1) is 5.92 Å². The van der Waals surface area contributed by atoms with Gasteiger partial charge < -0.3 is 19.2 Å². The number of ether oxygens (including phenoxy) is 2. The van der Waals surface area contributed by atoms with Crippen molar-refractivity contribution in [1.82, 2.24) is 5.32 Å². The van der Waals surface area contributed by atoms with Crippen molar-refractivity contribution in [1.29, 1.82) is 0 Å². The molecule has 0 aliphatic carbocycles. The van der Waals surface area contributed by atoms with Crippen LogP contribution in [0.4, 0.5) is 0 Å². The summed E-state index contributed by atoms with van der Waals surface area (Å²) in [5, 5.41) is 2.99. The number of hydrogen-bond acceptors (Lipinski definition) is 6. The summed E-state index contributed by atoms with van der Waals surface area (Å²) in [6.07, 6.45) is 0.408. The van der Waals surface area contributed by atoms with E-state index < -0.39 is 30.5 Å². The van der Waals surface area contributed by atoms with Gasteiger partial charge in [-0.1, -0.05) is 37.6 Å². The molecule has 7 nitrogen and oxygen atoms in total. The predicted molar refractivity (Wildman–Crippen MR) is 103 cm³/mol. The first-order valence-corrected chi connectivity index (χ1v) is 9.08. The number of benzene rings is 1. The Bertz CT molecular complexity index is 845. The van der Waals surface area contributed by atoms with Gasteiger partial charge in [-0.05, 0) is 36.6 Å². The van der Waals surface area contributed by atoms with E-state index in [1.165, 1.54) is 13.2 Å². The third kappa shape index (κ3) is 5.85. The molecule has 1 aromatic carbocycles. The lowest BCUT2D eigenvalue weighted by Gasteiger charge is -2.18. The second-order valence-corrected chi connectivity index (χ2v) is 6.90. The van der Waals surface area contributed by atoms with Gasteiger partial charge in [-0.15, -0.1) is 0 Å². The lowest BCUT2D eigenvalue weighted by Crippen LogP contribution is -2.44. The molecule has 1 N–H and O–H groups in total. The molecule has 0 spiro atoms. The number of carbonyl (C=O) groups is 3. The monoisotopic (exact) mass is 407 g/mol. The summed E-state index contributed by atoms with van der Waals surface area (Å²) in [4.78, 5) is 35.9. The molecule has 0 bridgehead atoms. The zero-order valence-electron chi connectivity index (χ0n) is 15.9. The third-order valence-corrected chi connectivity index (χ3v) is 4.14. The van der Waals surface area contributed by atoms with Crippen molar-refractivity contribution in [3.05, 3.63) is 47.2 Å². The number of halogens is 1. The number of methoxy groups -OCH3 is 1. The Labute approximate surface area is 167 Å². The first kappa shape index (κ1) is 21.5. The smallest absolute Gasteiger partial charge is 0.374 e. The average molecular weight is 408 g/mol. The molecular weight excluding hydrogens is 386 g/mol. The lowest BCUT2D eigenvalue weighted by molar-refractivity contribution is -0.145. The van der Waals surface area contributed by atoms with Crippen LogP contribution in [0.25, 0.3) is 11.3 Å². The fraction of sp³-hybridized carbons (Fsp3) is 0.350. The predicted octanol–water partition coefficient (Wildman–Crippen LogP) is 3.46. The SMILES string of the molecule is COC(=O)[C@H](CC(C)C)NC(=O)COC(=O)c1ccc(-c2ccccc2Cl)o1. The maximum Gasteiger partial charge on any atom is 0.374 e. The molecule has 0 aliphatic rings. The Hall–Kier alpha value is -2.80. The van der Waals surface area contributed by atoms with E-state index in [-0.39, 0.29) is 11.7 Å². The summed E-state index contributed by atoms with van der Waals surface area (Å²) in [5.74, 6) is -1.45. The minimum Gasteiger partial charge on any atom is -0.467 e. The van der Waals surface area contributed by atoms with Gasteiger partial charge in [0.2, 0.25) is 5.76 Å². The Morgan fingerprint density at radius 1 is 1.14 bits per heavy atom. The van der Waals surface area contributed by atoms with E-state index >= 15 is 0 Å². The number of hydrogen-bond donors (Lipinski definition) is 1. The minimum absolute atomic E-state index is 0.0607. The van der Waals surface area contributed by atoms with E-state index in [9.17, 15) is 14.4 Å². The van der Waals surface area contributed by atoms with Crippen LogP contribution < -0.4 is 5.32 Å². The number of carbonyl (C=O) groups excluding carboxylic acids is 3. The molecule has 1 atom stereocenters. The molecule has 0 fully saturated rings. The largest absolute Gasteiger partial charge is 0.467 e. The highest BCUT2D eigenvalue weighted by Gasteiger charge is 2.23. The summed E-state index contributed by atoms with van der Waals surface area (Å²) in [5.41, 5.74) is 0.635. The molecule has 2 rings (SSSR count). The van der Waals surface area contributed by atoms with Crippen LogP contribution in [-0.4, -0.2) is 37.6 Å². The summed E-state index contributed by atoms with van der Waals surface area (Å²) < 4.78 is 15.1. The van der Waals surface area contributed by atoms with Crippen LogP contribution in [-0.2, 0) is 19.1 Å². The molecule has 1 heterocycles. The molecule has 0 unspecified atom stereocenters. The minimum atomic E-state index is -0.799. The molecule has 0 saturated heterocycles. The second-order valence-electron chi connectivity index (χ2n) is 6.49. The van der Waals surface area contributed by atoms with Gasteiger partial charge in [0.05, 0.1) is 12.1 Å². The zero-order chi connectivity index (χ0) is 20.7. The van der Waals surface area contributed by atoms with Crippen LogP contribution in [0.5, 0.6) is 0 Å². The Balaban J connectivity index is 1.94. The molecule has 0 saturated carbocycles. The molecule has 0 radical (unpaired) electrons. The molecule has 1 aromatic heterocycles. The summed E-state index contributed by atoms with van der Waals surface area (Å²) in [6, 6.07) is 9.27. The maximum atomic E-state index is 12.1. The highest BCUT2D eigenvalue weighted by Crippen LogP contribution is 2.29. The van der Waals surface area contributed by atoms with Gasteiger partial charge in [0, 0.05) is 5.56 Å². The average Bonchev–Trinajstić information content (AvgIpc) is 3.15.